The average Bonchev–Trinajstić information content (AvgIpc) is 4.12. The summed E-state index contributed by atoms with van der Waals surface area (Å²) in [5, 5.41) is 31.5. The highest BCUT2D eigenvalue weighted by molar-refractivity contribution is 7.98. The first-order chi connectivity index (χ1) is 37.7. The maximum Gasteiger partial charge on any atom is 0.326 e. The molecule has 11 atom stereocenters. The third kappa shape index (κ3) is 24.4. The fourth-order valence-electron chi connectivity index (χ4n) is 8.76. The number of imidazole rings is 1. The van der Waals surface area contributed by atoms with Crippen molar-refractivity contribution in [2.24, 2.45) is 45.7 Å². The van der Waals surface area contributed by atoms with Crippen LogP contribution in [0.2, 0.25) is 0 Å². The van der Waals surface area contributed by atoms with Crippen LogP contribution in [0.15, 0.2) is 17.5 Å². The van der Waals surface area contributed by atoms with E-state index in [0.29, 0.717) is 43.7 Å². The van der Waals surface area contributed by atoms with E-state index in [2.05, 4.69) is 57.5 Å². The Hall–Kier alpha value is -6.55. The summed E-state index contributed by atoms with van der Waals surface area (Å²) in [6.07, 6.45) is 7.56. The maximum atomic E-state index is 14.5. The number of unbranched alkanes of at least 4 members (excludes halogenated alkanes) is 1. The Kier molecular flexibility index (Phi) is 31.2. The lowest BCUT2D eigenvalue weighted by atomic mass is 9.96. The largest absolute Gasteiger partial charge is 0.480 e. The number of guanidine groups is 1. The highest BCUT2D eigenvalue weighted by Gasteiger charge is 2.41. The molecular weight excluding hydrogens is 1060 g/mol. The molecule has 1 saturated heterocycles. The Balaban J connectivity index is 2.33. The molecule has 0 aliphatic carbocycles. The van der Waals surface area contributed by atoms with Gasteiger partial charge in [-0.1, -0.05) is 48.0 Å². The number of aliphatic carboxylic acids is 1. The molecule has 0 radical (unpaired) electrons. The number of carboxylic acids is 1. The number of carboxylic acid groups (broad SMARTS) is 1. The SMILES string of the molecule is CC[C@H](C)[C@H](NC(=O)[C@H](Cc1cnc[nH]1)NC(=O)[C@H](CCSC)NC(=O)[C@@H]1CCCN1C(=O)[C@H](CC(C)C)NC(=O)[C@H](C)NC(=O)[C@H](CCCCN)NC(=O)[C@H](CC(C)C)NC(=O)[C@H](C)N)C(=O)N[C@@H](CCCN=C(N)N)C(=O)O. The molecule has 0 unspecified atom stereocenters. The van der Waals surface area contributed by atoms with Crippen LogP contribution in [0, 0.1) is 17.8 Å². The number of nitrogens with one attached hydrogen (secondary N) is 9. The van der Waals surface area contributed by atoms with Gasteiger partial charge >= 0.3 is 5.97 Å². The molecule has 0 aromatic carbocycles. The van der Waals surface area contributed by atoms with Crippen LogP contribution >= 0.6 is 11.8 Å². The van der Waals surface area contributed by atoms with Gasteiger partial charge in [0.25, 0.3) is 0 Å². The number of aromatic nitrogens is 2. The minimum Gasteiger partial charge on any atom is -0.480 e. The normalized spacial score (nSPS) is 17.0. The minimum absolute atomic E-state index is 0.00347. The topological polar surface area (TPSA) is 436 Å². The Morgan fingerprint density at radius 2 is 1.27 bits per heavy atom. The van der Waals surface area contributed by atoms with E-state index in [0.717, 1.165) is 0 Å². The molecular formula is C52H92N16O11S. The van der Waals surface area contributed by atoms with Crippen molar-refractivity contribution < 1.29 is 53.1 Å². The smallest absolute Gasteiger partial charge is 0.326 e. The molecule has 1 aliphatic heterocycles. The number of H-pyrrole nitrogens is 1. The maximum absolute atomic E-state index is 14.5. The Labute approximate surface area is 474 Å². The number of hydrogen-bond donors (Lipinski definition) is 14. The molecule has 18 N–H and O–H groups in total. The summed E-state index contributed by atoms with van der Waals surface area (Å²) < 4.78 is 0. The zero-order valence-corrected chi connectivity index (χ0v) is 48.9. The molecule has 452 valence electrons. The van der Waals surface area contributed by atoms with Crippen molar-refractivity contribution in [3.8, 4) is 0 Å². The van der Waals surface area contributed by atoms with Crippen LogP contribution in [-0.2, 0) is 54.4 Å². The van der Waals surface area contributed by atoms with Crippen LogP contribution in [0.5, 0.6) is 0 Å². The first-order valence-electron chi connectivity index (χ1n) is 27.7. The standard InChI is InChI=1S/C52H92N16O11S/c1-10-30(6)41(49(76)63-36(51(78)79)16-13-20-58-52(55)56)67-47(74)38(25-33-26-57-27-59-33)65-45(72)35(18-22-80-9)62-48(75)40-17-14-21-68(40)50(77)39(24-29(4)5)66-43(70)32(8)60-44(71)34(15-11-12-19-53)61-46(73)37(23-28(2)3)64-42(69)31(7)54/h26-32,34-41H,10-25,53-54H2,1-9H3,(H,57,59)(H,60,71)(H,61,73)(H,62,75)(H,63,76)(H,64,69)(H,65,72)(H,66,70)(H,67,74)(H,78,79)(H4,55,56,58)/t30-,31-,32-,34-,35-,36-,37-,38-,39-,40-,41-/m0/s1. The van der Waals surface area contributed by atoms with Gasteiger partial charge in [0, 0.05) is 31.4 Å². The summed E-state index contributed by atoms with van der Waals surface area (Å²) in [5.74, 6) is -7.65. The first-order valence-corrected chi connectivity index (χ1v) is 29.1. The zero-order chi connectivity index (χ0) is 60.2. The van der Waals surface area contributed by atoms with Crippen molar-refractivity contribution in [1.29, 1.82) is 0 Å². The number of carbonyl (C=O) groups is 10. The summed E-state index contributed by atoms with van der Waals surface area (Å²) in [6.45, 7) is 14.5. The van der Waals surface area contributed by atoms with Gasteiger partial charge in [0.15, 0.2) is 5.96 Å². The monoisotopic (exact) mass is 1150 g/mol. The van der Waals surface area contributed by atoms with Crippen LogP contribution in [0.1, 0.15) is 132 Å². The van der Waals surface area contributed by atoms with Gasteiger partial charge < -0.3 is 80.5 Å². The molecule has 1 fully saturated rings. The molecule has 0 spiro atoms. The molecule has 2 rings (SSSR count). The highest BCUT2D eigenvalue weighted by Crippen LogP contribution is 2.22. The fraction of sp³-hybridized carbons (Fsp3) is 0.731. The summed E-state index contributed by atoms with van der Waals surface area (Å²) in [5.41, 5.74) is 22.7. The van der Waals surface area contributed by atoms with Crippen molar-refractivity contribution in [2.45, 2.75) is 193 Å². The number of carbonyl (C=O) groups excluding carboxylic acids is 9. The lowest BCUT2D eigenvalue weighted by Crippen LogP contribution is -2.61. The molecule has 0 saturated carbocycles. The van der Waals surface area contributed by atoms with Crippen molar-refractivity contribution in [1.82, 2.24) is 57.4 Å². The number of rotatable bonds is 37. The van der Waals surface area contributed by atoms with Gasteiger partial charge in [0.1, 0.15) is 54.4 Å². The van der Waals surface area contributed by atoms with Gasteiger partial charge in [-0.2, -0.15) is 11.8 Å². The van der Waals surface area contributed by atoms with E-state index in [1.807, 2.05) is 34.0 Å². The number of nitrogens with two attached hydrogens (primary N) is 4. The quantitative estimate of drug-likeness (QED) is 0.0202. The molecule has 27 nitrogen and oxygen atoms in total. The van der Waals surface area contributed by atoms with Gasteiger partial charge in [0.05, 0.1) is 12.4 Å². The van der Waals surface area contributed by atoms with E-state index in [-0.39, 0.29) is 82.3 Å². The van der Waals surface area contributed by atoms with E-state index >= 15 is 0 Å². The lowest BCUT2D eigenvalue weighted by molar-refractivity contribution is -0.143. The van der Waals surface area contributed by atoms with Crippen LogP contribution < -0.4 is 65.5 Å². The van der Waals surface area contributed by atoms with Crippen LogP contribution in [0.3, 0.4) is 0 Å². The lowest BCUT2D eigenvalue weighted by Gasteiger charge is -2.31. The molecule has 9 amide bonds. The van der Waals surface area contributed by atoms with Gasteiger partial charge in [-0.25, -0.2) is 9.78 Å². The van der Waals surface area contributed by atoms with E-state index in [9.17, 15) is 53.1 Å². The summed E-state index contributed by atoms with van der Waals surface area (Å²) >= 11 is 1.41. The van der Waals surface area contributed by atoms with Gasteiger partial charge in [-0.05, 0) is 114 Å². The van der Waals surface area contributed by atoms with E-state index in [4.69, 9.17) is 22.9 Å². The van der Waals surface area contributed by atoms with Gasteiger partial charge in [-0.3, -0.25) is 48.1 Å². The third-order valence-electron chi connectivity index (χ3n) is 13.5. The Morgan fingerprint density at radius 3 is 1.85 bits per heavy atom. The number of aromatic amines is 1. The number of amides is 9. The zero-order valence-electron chi connectivity index (χ0n) is 48.1. The summed E-state index contributed by atoms with van der Waals surface area (Å²) in [7, 11) is 0. The molecule has 80 heavy (non-hydrogen) atoms. The second-order valence-corrected chi connectivity index (χ2v) is 22.3. The second-order valence-electron chi connectivity index (χ2n) is 21.3. The minimum atomic E-state index is -1.33. The van der Waals surface area contributed by atoms with Crippen molar-refractivity contribution >= 4 is 76.9 Å². The number of likely N-dealkylation sites (tertiary alicyclic amines) is 1. The second kappa shape index (κ2) is 35.9. The summed E-state index contributed by atoms with van der Waals surface area (Å²) in [6, 6.07) is -11.4. The fourth-order valence-corrected chi connectivity index (χ4v) is 9.23. The molecule has 2 heterocycles. The number of hydrogen-bond acceptors (Lipinski definition) is 15. The average molecular weight is 1150 g/mol. The van der Waals surface area contributed by atoms with Crippen LogP contribution in [0.25, 0.3) is 0 Å². The van der Waals surface area contributed by atoms with E-state index < -0.39 is 125 Å². The van der Waals surface area contributed by atoms with E-state index in [1.165, 1.54) is 43.0 Å². The third-order valence-corrected chi connectivity index (χ3v) is 14.1. The molecule has 0 bridgehead atoms. The van der Waals surface area contributed by atoms with Crippen molar-refractivity contribution in [3.05, 3.63) is 18.2 Å². The first kappa shape index (κ1) is 69.6. The van der Waals surface area contributed by atoms with Crippen LogP contribution in [-0.4, -0.2) is 177 Å². The van der Waals surface area contributed by atoms with Crippen molar-refractivity contribution in [2.75, 3.05) is 31.6 Å². The molecule has 1 aromatic heterocycles. The van der Waals surface area contributed by atoms with E-state index in [1.54, 1.807) is 13.8 Å². The van der Waals surface area contributed by atoms with Crippen molar-refractivity contribution in [3.63, 3.8) is 0 Å². The predicted octanol–water partition coefficient (Wildman–Crippen LogP) is -1.65. The predicted molar refractivity (Wildman–Crippen MR) is 304 cm³/mol. The molecule has 1 aromatic rings. The number of nitrogens with zero attached hydrogens (tertiary/aromatic N) is 3. The number of thioether (sulfide) groups is 1. The summed E-state index contributed by atoms with van der Waals surface area (Å²) in [4.78, 5) is 149. The highest BCUT2D eigenvalue weighted by atomic mass is 32.2. The van der Waals surface area contributed by atoms with Gasteiger partial charge in [-0.15, -0.1) is 0 Å². The molecule has 28 heteroatoms. The molecule has 1 aliphatic rings. The van der Waals surface area contributed by atoms with Crippen LogP contribution in [0.4, 0.5) is 0 Å². The number of aliphatic imine (C=N–C) groups is 1. The van der Waals surface area contributed by atoms with Gasteiger partial charge in [0.2, 0.25) is 53.2 Å². The Bertz CT molecular complexity index is 2210. The Morgan fingerprint density at radius 1 is 0.713 bits per heavy atom.